The molecule has 12 aromatic rings. The minimum Gasteiger partial charge on any atom is -0.493 e. The molecule has 0 spiro atoms. The highest BCUT2D eigenvalue weighted by atomic mass is 32.1. The van der Waals surface area contributed by atoms with Gasteiger partial charge >= 0.3 is 0 Å². The maximum Gasteiger partial charge on any atom is 0.231 e. The lowest BCUT2D eigenvalue weighted by atomic mass is 10.00. The predicted octanol–water partition coefficient (Wildman–Crippen LogP) is 28.1. The fourth-order valence-electron chi connectivity index (χ4n) is 11.6. The van der Waals surface area contributed by atoms with Crippen molar-refractivity contribution in [2.75, 3.05) is 56.9 Å². The van der Waals surface area contributed by atoms with Crippen LogP contribution in [0.3, 0.4) is 0 Å². The second-order valence-corrected chi connectivity index (χ2v) is 35.8. The van der Waals surface area contributed by atoms with Gasteiger partial charge in [0.15, 0.2) is 23.1 Å². The van der Waals surface area contributed by atoms with Crippen molar-refractivity contribution in [3.05, 3.63) is 303 Å². The number of fused-ring (bicyclic) bond motifs is 4. The van der Waals surface area contributed by atoms with E-state index in [2.05, 4.69) is 336 Å². The van der Waals surface area contributed by atoms with Crippen molar-refractivity contribution in [3.63, 3.8) is 0 Å². The van der Waals surface area contributed by atoms with Crippen LogP contribution in [0.2, 0.25) is 0 Å². The van der Waals surface area contributed by atoms with E-state index < -0.39 is 0 Å². The maximum absolute atomic E-state index is 5.55. The number of ether oxygens (including phenoxy) is 5. The van der Waals surface area contributed by atoms with Crippen molar-refractivity contribution in [1.29, 1.82) is 0 Å². The number of hydrogen-bond acceptors (Lipinski definition) is 18. The SMILES string of the molecule is CC(C)C1=CC=NC1.CC(C)c1ccc2c(c1)CCO2.CC(C)c1ccc2c(c1)OCCN2.CC(C)c1ccc2c(c1)OCO2.CC(C)c1ccccc1.CC(C)c1ccccn1.CC(C)c1cccnc1.CC(C)c1ccn[nH]1.CC(C)c1ccncc1.CC(C)c1cn[nH]c1.CC(C)c1cnc2c(c1)OCCN2.CC(C)c1cncs1.CC(C)c1cnoc1. The highest BCUT2D eigenvalue weighted by Gasteiger charge is 2.17. The second kappa shape index (κ2) is 58.9. The maximum atomic E-state index is 5.55. The van der Waals surface area contributed by atoms with E-state index >= 15 is 0 Å². The summed E-state index contributed by atoms with van der Waals surface area (Å²) >= 11 is 1.72. The molecule has 0 bridgehead atoms. The van der Waals surface area contributed by atoms with Gasteiger partial charge in [-0.2, -0.15) is 10.2 Å². The number of benzene rings is 4. The van der Waals surface area contributed by atoms with Crippen LogP contribution in [-0.2, 0) is 6.42 Å². The third-order valence-electron chi connectivity index (χ3n) is 20.3. The highest BCUT2D eigenvalue weighted by Crippen LogP contribution is 2.36. The van der Waals surface area contributed by atoms with Crippen LogP contribution >= 0.6 is 11.3 Å². The van der Waals surface area contributed by atoms with E-state index in [-0.39, 0.29) is 0 Å². The van der Waals surface area contributed by atoms with Gasteiger partial charge in [0.25, 0.3) is 0 Å². The molecule has 0 unspecified atom stereocenters. The lowest BCUT2D eigenvalue weighted by molar-refractivity contribution is 0.174. The van der Waals surface area contributed by atoms with E-state index in [1.807, 2.05) is 122 Å². The molecule has 0 aliphatic carbocycles. The van der Waals surface area contributed by atoms with Crippen molar-refractivity contribution in [1.82, 2.24) is 50.5 Å². The van der Waals surface area contributed by atoms with Crippen molar-refractivity contribution in [3.8, 4) is 28.7 Å². The molecular formula is C106H149N13O6S. The molecule has 0 saturated heterocycles. The molecule has 0 amide bonds. The van der Waals surface area contributed by atoms with E-state index in [0.29, 0.717) is 83.7 Å². The van der Waals surface area contributed by atoms with Crippen LogP contribution in [0.5, 0.6) is 28.7 Å². The zero-order chi connectivity index (χ0) is 92.3. The molecule has 8 aromatic heterocycles. The molecular weight excluding hydrogens is 1580 g/mol. The van der Waals surface area contributed by atoms with Gasteiger partial charge in [0.1, 0.15) is 31.0 Å². The minimum atomic E-state index is 0.358. The Kier molecular flexibility index (Phi) is 49.2. The molecule has 5 aliphatic rings. The minimum absolute atomic E-state index is 0.358. The summed E-state index contributed by atoms with van der Waals surface area (Å²) in [5.74, 6) is 13.2. The average molecular weight is 1730 g/mol. The van der Waals surface area contributed by atoms with Crippen LogP contribution in [0.4, 0.5) is 11.5 Å². The third kappa shape index (κ3) is 40.8. The fraction of sp³-hybridized carbons (Fsp3) is 0.443. The number of nitrogens with zero attached hydrogens (tertiary/aromatic N) is 9. The zero-order valence-corrected chi connectivity index (χ0v) is 81.3. The Morgan fingerprint density at radius 1 is 0.365 bits per heavy atom. The molecule has 5 aliphatic heterocycles. The van der Waals surface area contributed by atoms with Gasteiger partial charge < -0.3 is 38.8 Å². The molecule has 19 nitrogen and oxygen atoms in total. The number of thiazole rings is 1. The molecule has 17 rings (SSSR count). The Balaban J connectivity index is 0.000000243. The number of aliphatic imine (C=N–C) groups is 1. The first-order valence-corrected chi connectivity index (χ1v) is 45.9. The van der Waals surface area contributed by atoms with Crippen LogP contribution in [-0.4, -0.2) is 103 Å². The van der Waals surface area contributed by atoms with Crippen molar-refractivity contribution >= 4 is 29.1 Å². The summed E-state index contributed by atoms with van der Waals surface area (Å²) in [6.45, 7) is 61.7. The number of aromatic amines is 2. The molecule has 680 valence electrons. The first-order chi connectivity index (χ1) is 60.3. The van der Waals surface area contributed by atoms with Gasteiger partial charge in [-0.05, 0) is 211 Å². The summed E-state index contributed by atoms with van der Waals surface area (Å²) in [5.41, 5.74) is 19.9. The highest BCUT2D eigenvalue weighted by molar-refractivity contribution is 7.09. The standard InChI is InChI=1S/C11H15NO.C11H14O.C10H14N2O.C10H12O2.C9H12.3C8H11N.C7H11N.2C6H10N2.C6H9NO.C6H9NS/c1-8(2)9-3-4-10-11(7-9)13-6-5-12-10;1-8(2)9-3-4-11-10(7-9)5-6-12-11;1-7(2)8-5-9-10(12-6-8)11-3-4-13-9;1-7(2)8-3-4-9-10(5-8)12-6-11-9;1-8(2)9-6-4-3-5-7-9;1-7(2)8-3-5-9-6-4-8;1-7(2)8-4-3-5-9-6-8;1-7(2)8-5-3-4-6-9-8;1-6(2)7-3-4-8-5-7;1-5(2)6-3-7-8-4-6;1-5(2)6-3-4-7-8-6;1-5(2)6-3-7-8-4-6;1-5(2)6-3-7-4-8-6/h3-4,7-8,12H,5-6H2,1-2H3;3-4,7-8H,5-6H2,1-2H3;5-7H,3-4H2,1-2H3,(H,11,12);3-5,7H,6H2,1-2H3;3-8H,1-2H3;3*3-7H,1-2H3;3-4,6H,5H2,1-2H3;2*3-5H,1-2H3,(H,7,8);2*3-5H,1-2H3. The Labute approximate surface area is 760 Å². The monoisotopic (exact) mass is 1730 g/mol. The Morgan fingerprint density at radius 2 is 0.944 bits per heavy atom. The number of pyridine rings is 4. The van der Waals surface area contributed by atoms with Gasteiger partial charge in [-0.15, -0.1) is 11.3 Å². The van der Waals surface area contributed by atoms with Crippen molar-refractivity contribution in [2.24, 2.45) is 10.9 Å². The second-order valence-electron chi connectivity index (χ2n) is 34.9. The molecule has 126 heavy (non-hydrogen) atoms. The number of rotatable bonds is 13. The largest absolute Gasteiger partial charge is 0.493 e. The zero-order valence-electron chi connectivity index (χ0n) is 80.5. The lowest BCUT2D eigenvalue weighted by Gasteiger charge is -2.20. The quantitative estimate of drug-likeness (QED) is 0.0841. The van der Waals surface area contributed by atoms with Gasteiger partial charge in [-0.3, -0.25) is 35.1 Å². The molecule has 0 saturated carbocycles. The molecule has 4 aromatic carbocycles. The van der Waals surface area contributed by atoms with E-state index in [0.717, 1.165) is 97.4 Å². The van der Waals surface area contributed by atoms with Crippen LogP contribution in [0, 0.1) is 5.92 Å². The van der Waals surface area contributed by atoms with Crippen LogP contribution < -0.4 is 34.3 Å². The molecule has 13 heterocycles. The van der Waals surface area contributed by atoms with E-state index in [1.54, 1.807) is 36.2 Å². The first kappa shape index (κ1) is 105. The smallest absolute Gasteiger partial charge is 0.231 e. The van der Waals surface area contributed by atoms with Crippen LogP contribution in [0.1, 0.15) is 323 Å². The molecule has 0 radical (unpaired) electrons. The van der Waals surface area contributed by atoms with E-state index in [9.17, 15) is 0 Å². The van der Waals surface area contributed by atoms with Gasteiger partial charge in [0.05, 0.1) is 43.3 Å². The van der Waals surface area contributed by atoms with E-state index in [1.165, 1.54) is 66.2 Å². The predicted molar refractivity (Wildman–Crippen MR) is 527 cm³/mol. The topological polar surface area (TPSA) is 230 Å². The van der Waals surface area contributed by atoms with Gasteiger partial charge in [-0.1, -0.05) is 252 Å². The molecule has 4 N–H and O–H groups in total. The molecule has 0 fully saturated rings. The van der Waals surface area contributed by atoms with Gasteiger partial charge in [0.2, 0.25) is 6.79 Å². The summed E-state index contributed by atoms with van der Waals surface area (Å²) in [6, 6.07) is 47.8. The number of allylic oxidation sites excluding steroid dienone is 1. The van der Waals surface area contributed by atoms with Gasteiger partial charge in [-0.25, -0.2) is 4.98 Å². The Hall–Kier alpha value is -11.3. The van der Waals surface area contributed by atoms with Crippen molar-refractivity contribution < 1.29 is 28.2 Å². The summed E-state index contributed by atoms with van der Waals surface area (Å²) in [5, 5.41) is 23.3. The summed E-state index contributed by atoms with van der Waals surface area (Å²) < 4.78 is 31.6. The molecule has 20 heteroatoms. The number of H-pyrrole nitrogens is 2. The molecule has 0 atom stereocenters. The number of aromatic nitrogens is 10. The Bertz CT molecular complexity index is 4370. The summed E-state index contributed by atoms with van der Waals surface area (Å²) in [6.07, 6.45) is 27.0. The van der Waals surface area contributed by atoms with Crippen LogP contribution in [0.25, 0.3) is 0 Å². The van der Waals surface area contributed by atoms with Crippen molar-refractivity contribution in [2.45, 2.75) is 257 Å². The number of hydrogen-bond donors (Lipinski definition) is 4. The fourth-order valence-corrected chi connectivity index (χ4v) is 12.3. The summed E-state index contributed by atoms with van der Waals surface area (Å²) in [4.78, 5) is 25.8. The third-order valence-corrected chi connectivity index (χ3v) is 21.4. The number of anilines is 2. The summed E-state index contributed by atoms with van der Waals surface area (Å²) in [7, 11) is 0. The van der Waals surface area contributed by atoms with Gasteiger partial charge in [0, 0.05) is 96.8 Å². The van der Waals surface area contributed by atoms with Crippen LogP contribution in [0.15, 0.2) is 241 Å². The number of nitrogens with one attached hydrogen (secondary N) is 4. The Morgan fingerprint density at radius 3 is 1.40 bits per heavy atom. The first-order valence-electron chi connectivity index (χ1n) is 45.1. The normalized spacial score (nSPS) is 12.4. The lowest BCUT2D eigenvalue weighted by Crippen LogP contribution is -2.19. The van der Waals surface area contributed by atoms with E-state index in [4.69, 9.17) is 23.7 Å². The average Bonchev–Trinajstić information content (AvgIpc) is 1.77.